The molecule has 35 heavy (non-hydrogen) atoms. The molecular weight excluding hydrogens is 470 g/mol. The molecule has 196 valence electrons. The summed E-state index contributed by atoms with van der Waals surface area (Å²) < 4.78 is 10.2. The van der Waals surface area contributed by atoms with Gasteiger partial charge in [0.2, 0.25) is 11.8 Å². The number of likely N-dealkylation sites (tertiary alicyclic amines) is 1. The number of aliphatic hydroxyl groups excluding tert-OH is 1. The van der Waals surface area contributed by atoms with Gasteiger partial charge < -0.3 is 24.4 Å². The lowest BCUT2D eigenvalue weighted by Gasteiger charge is -2.41. The van der Waals surface area contributed by atoms with E-state index in [1.807, 2.05) is 4.90 Å². The van der Waals surface area contributed by atoms with Crippen molar-refractivity contribution in [1.29, 1.82) is 0 Å². The Morgan fingerprint density at radius 1 is 1.34 bits per heavy atom. The number of carbonyl (C=O) groups is 3. The molecule has 4 aliphatic rings. The van der Waals surface area contributed by atoms with Gasteiger partial charge in [0, 0.05) is 51.1 Å². The molecule has 4 heterocycles. The molecule has 2 bridgehead atoms. The van der Waals surface area contributed by atoms with E-state index in [4.69, 9.17) is 9.47 Å². The Labute approximate surface area is 212 Å². The van der Waals surface area contributed by atoms with E-state index in [1.54, 1.807) is 29.7 Å². The molecule has 1 spiro atoms. The summed E-state index contributed by atoms with van der Waals surface area (Å²) in [5, 5.41) is 9.49. The van der Waals surface area contributed by atoms with E-state index in [2.05, 4.69) is 18.4 Å². The Bertz CT molecular complexity index is 821. The standard InChI is InChI=1S/C25H39N3O6S/c1-4-7-27(10-9-26-11-14-33-15-12-26)23(31)21-25-17(3)16-18(35-25)19(24(32)34-5-2)20(25)22(30)28(21)8-6-13-29/h4,17-21,29H,1,5-16H2,2-3H3/t17?,18-,19+,20-,21?,25?/m0/s1. The van der Waals surface area contributed by atoms with Crippen molar-refractivity contribution in [1.82, 2.24) is 14.7 Å². The van der Waals surface area contributed by atoms with Crippen LogP contribution in [0.1, 0.15) is 26.7 Å². The van der Waals surface area contributed by atoms with Gasteiger partial charge in [0.1, 0.15) is 6.04 Å². The molecule has 4 aliphatic heterocycles. The molecule has 9 nitrogen and oxygen atoms in total. The van der Waals surface area contributed by atoms with Crippen LogP contribution in [-0.2, 0) is 23.9 Å². The molecular formula is C25H39N3O6S. The summed E-state index contributed by atoms with van der Waals surface area (Å²) >= 11 is 1.65. The van der Waals surface area contributed by atoms with Crippen molar-refractivity contribution in [2.24, 2.45) is 17.8 Å². The maximum Gasteiger partial charge on any atom is 0.310 e. The van der Waals surface area contributed by atoms with Gasteiger partial charge in [-0.2, -0.15) is 0 Å². The summed E-state index contributed by atoms with van der Waals surface area (Å²) in [5.41, 5.74) is 0. The Morgan fingerprint density at radius 3 is 2.74 bits per heavy atom. The van der Waals surface area contributed by atoms with Crippen LogP contribution < -0.4 is 0 Å². The van der Waals surface area contributed by atoms with E-state index in [0.29, 0.717) is 39.3 Å². The maximum absolute atomic E-state index is 14.2. The number of ether oxygens (including phenoxy) is 2. The molecule has 0 aromatic carbocycles. The van der Waals surface area contributed by atoms with E-state index < -0.39 is 22.6 Å². The highest BCUT2D eigenvalue weighted by molar-refractivity contribution is 8.02. The van der Waals surface area contributed by atoms with E-state index in [0.717, 1.165) is 26.1 Å². The van der Waals surface area contributed by atoms with Crippen molar-refractivity contribution < 1.29 is 29.0 Å². The zero-order valence-electron chi connectivity index (χ0n) is 20.9. The minimum Gasteiger partial charge on any atom is -0.466 e. The second-order valence-electron chi connectivity index (χ2n) is 9.94. The predicted molar refractivity (Wildman–Crippen MR) is 133 cm³/mol. The molecule has 0 radical (unpaired) electrons. The number of esters is 1. The van der Waals surface area contributed by atoms with Crippen molar-refractivity contribution >= 4 is 29.5 Å². The van der Waals surface area contributed by atoms with Crippen LogP contribution in [0.3, 0.4) is 0 Å². The number of thioether (sulfide) groups is 1. The number of rotatable bonds is 11. The van der Waals surface area contributed by atoms with Crippen molar-refractivity contribution in [3.63, 3.8) is 0 Å². The van der Waals surface area contributed by atoms with Crippen molar-refractivity contribution in [2.75, 3.05) is 65.7 Å². The van der Waals surface area contributed by atoms with Crippen LogP contribution in [-0.4, -0.2) is 119 Å². The topological polar surface area (TPSA) is 99.6 Å². The summed E-state index contributed by atoms with van der Waals surface area (Å²) in [7, 11) is 0. The average molecular weight is 510 g/mol. The highest BCUT2D eigenvalue weighted by atomic mass is 32.2. The van der Waals surface area contributed by atoms with Gasteiger partial charge in [0.25, 0.3) is 0 Å². The number of hydrogen-bond acceptors (Lipinski definition) is 8. The molecule has 0 aliphatic carbocycles. The summed E-state index contributed by atoms with van der Waals surface area (Å²) in [6, 6.07) is -0.666. The number of nitrogens with zero attached hydrogens (tertiary/aromatic N) is 3. The molecule has 0 aromatic rings. The second kappa shape index (κ2) is 11.2. The van der Waals surface area contributed by atoms with Gasteiger partial charge in [-0.15, -0.1) is 18.3 Å². The maximum atomic E-state index is 14.2. The third kappa shape index (κ3) is 4.63. The first-order valence-corrected chi connectivity index (χ1v) is 13.7. The first-order chi connectivity index (χ1) is 16.9. The molecule has 6 atom stereocenters. The van der Waals surface area contributed by atoms with Gasteiger partial charge in [0.15, 0.2) is 0 Å². The smallest absolute Gasteiger partial charge is 0.310 e. The minimum absolute atomic E-state index is 0.0190. The molecule has 4 fully saturated rings. The Hall–Kier alpha value is -1.62. The number of hydrogen-bond donors (Lipinski definition) is 1. The van der Waals surface area contributed by atoms with Gasteiger partial charge in [-0.1, -0.05) is 13.0 Å². The molecule has 1 N–H and O–H groups in total. The number of fused-ring (bicyclic) bond motifs is 1. The summed E-state index contributed by atoms with van der Waals surface area (Å²) in [4.78, 5) is 46.8. The van der Waals surface area contributed by atoms with E-state index >= 15 is 0 Å². The minimum atomic E-state index is -0.666. The zero-order valence-corrected chi connectivity index (χ0v) is 21.7. The molecule has 3 unspecified atom stereocenters. The summed E-state index contributed by atoms with van der Waals surface area (Å²) in [6.07, 6.45) is 2.90. The lowest BCUT2D eigenvalue weighted by Crippen LogP contribution is -2.58. The van der Waals surface area contributed by atoms with Gasteiger partial charge >= 0.3 is 5.97 Å². The average Bonchev–Trinajstić information content (AvgIpc) is 3.44. The van der Waals surface area contributed by atoms with Crippen LogP contribution >= 0.6 is 11.8 Å². The van der Waals surface area contributed by atoms with Crippen molar-refractivity contribution in [2.45, 2.75) is 42.7 Å². The number of aliphatic hydroxyl groups is 1. The van der Waals surface area contributed by atoms with Gasteiger partial charge in [0.05, 0.1) is 36.4 Å². The summed E-state index contributed by atoms with van der Waals surface area (Å²) in [6.45, 7) is 13.0. The lowest BCUT2D eigenvalue weighted by atomic mass is 9.66. The van der Waals surface area contributed by atoms with E-state index in [1.165, 1.54) is 0 Å². The fraction of sp³-hybridized carbons (Fsp3) is 0.800. The Morgan fingerprint density at radius 2 is 2.09 bits per heavy atom. The van der Waals surface area contributed by atoms with Crippen LogP contribution in [0.5, 0.6) is 0 Å². The first-order valence-electron chi connectivity index (χ1n) is 12.9. The van der Waals surface area contributed by atoms with Crippen molar-refractivity contribution in [3.8, 4) is 0 Å². The largest absolute Gasteiger partial charge is 0.466 e. The van der Waals surface area contributed by atoms with Crippen LogP contribution in [0.15, 0.2) is 12.7 Å². The molecule has 4 rings (SSSR count). The third-order valence-electron chi connectivity index (χ3n) is 8.05. The second-order valence-corrected chi connectivity index (χ2v) is 11.5. The fourth-order valence-corrected chi connectivity index (χ4v) is 8.90. The summed E-state index contributed by atoms with van der Waals surface area (Å²) in [5.74, 6) is -1.56. The lowest BCUT2D eigenvalue weighted by molar-refractivity contribution is -0.154. The van der Waals surface area contributed by atoms with Gasteiger partial charge in [-0.3, -0.25) is 19.3 Å². The fourth-order valence-electron chi connectivity index (χ4n) is 6.49. The van der Waals surface area contributed by atoms with Crippen molar-refractivity contribution in [3.05, 3.63) is 12.7 Å². The highest BCUT2D eigenvalue weighted by Crippen LogP contribution is 2.68. The van der Waals surface area contributed by atoms with Crippen LogP contribution in [0.2, 0.25) is 0 Å². The first kappa shape index (κ1) is 26.4. The van der Waals surface area contributed by atoms with Crippen LogP contribution in [0.4, 0.5) is 0 Å². The molecule has 4 saturated heterocycles. The molecule has 2 amide bonds. The number of carbonyl (C=O) groups excluding carboxylic acids is 3. The molecule has 0 saturated carbocycles. The van der Waals surface area contributed by atoms with Crippen LogP contribution in [0.25, 0.3) is 0 Å². The molecule has 0 aromatic heterocycles. The molecule has 10 heteroatoms. The van der Waals surface area contributed by atoms with Crippen LogP contribution in [0, 0.1) is 17.8 Å². The Balaban J connectivity index is 1.64. The zero-order chi connectivity index (χ0) is 25.2. The normalized spacial score (nSPS) is 34.2. The predicted octanol–water partition coefficient (Wildman–Crippen LogP) is 0.616. The Kier molecular flexibility index (Phi) is 8.45. The highest BCUT2D eigenvalue weighted by Gasteiger charge is 2.76. The number of amides is 2. The van der Waals surface area contributed by atoms with Gasteiger partial charge in [-0.25, -0.2) is 0 Å². The quantitative estimate of drug-likeness (QED) is 0.320. The third-order valence-corrected chi connectivity index (χ3v) is 10.1. The van der Waals surface area contributed by atoms with E-state index in [-0.39, 0.29) is 42.2 Å². The number of morpholine rings is 1. The SMILES string of the molecule is C=CCN(CCN1CCOCC1)C(=O)C1N(CCCO)C(=O)[C@@H]2[C@H](C(=O)OCC)[C@@H]3CC(C)C12S3. The monoisotopic (exact) mass is 509 g/mol. The van der Waals surface area contributed by atoms with E-state index in [9.17, 15) is 19.5 Å². The van der Waals surface area contributed by atoms with Gasteiger partial charge in [-0.05, 0) is 25.7 Å².